The van der Waals surface area contributed by atoms with Crippen molar-refractivity contribution in [3.05, 3.63) is 35.4 Å². The molecule has 0 unspecified atom stereocenters. The van der Waals surface area contributed by atoms with Gasteiger partial charge in [0.2, 0.25) is 0 Å². The summed E-state index contributed by atoms with van der Waals surface area (Å²) in [7, 11) is 1.74. The quantitative estimate of drug-likeness (QED) is 0.604. The number of hydrogen-bond acceptors (Lipinski definition) is 4. The molecule has 0 heterocycles. The molecule has 0 saturated heterocycles. The van der Waals surface area contributed by atoms with Gasteiger partial charge in [0, 0.05) is 12.7 Å². The molecular weight excluding hydrogens is 218 g/mol. The number of benzene rings is 1. The first-order valence-corrected chi connectivity index (χ1v) is 4.70. The van der Waals surface area contributed by atoms with Crippen LogP contribution in [0.1, 0.15) is 5.56 Å². The molecule has 2 N–H and O–H groups in total. The summed E-state index contributed by atoms with van der Waals surface area (Å²) in [6, 6.07) is 9.84. The third-order valence-corrected chi connectivity index (χ3v) is 2.15. The number of rotatable bonds is 3. The Morgan fingerprint density at radius 3 is 2.18 bits per heavy atom. The van der Waals surface area contributed by atoms with Crippen molar-refractivity contribution in [2.45, 2.75) is 0 Å². The minimum Gasteiger partial charge on any atom is -0.477 e. The largest absolute Gasteiger partial charge is 0.477 e. The average molecular weight is 227 g/mol. The highest BCUT2D eigenvalue weighted by molar-refractivity contribution is 6.03. The second kappa shape index (κ2) is 5.34. The Labute approximate surface area is 98.2 Å². The van der Waals surface area contributed by atoms with Crippen molar-refractivity contribution in [3.8, 4) is 12.1 Å². The summed E-state index contributed by atoms with van der Waals surface area (Å²) in [4.78, 5) is 10.8. The van der Waals surface area contributed by atoms with Gasteiger partial charge in [-0.2, -0.15) is 10.5 Å². The van der Waals surface area contributed by atoms with Gasteiger partial charge in [0.1, 0.15) is 12.1 Å². The lowest BCUT2D eigenvalue weighted by Gasteiger charge is -2.03. The number of anilines is 1. The maximum atomic E-state index is 10.8. The molecule has 0 aliphatic carbocycles. The van der Waals surface area contributed by atoms with Crippen LogP contribution in [0.2, 0.25) is 0 Å². The SMILES string of the molecule is CNc1ccc(C(C#N)=C(C#N)C(=O)O)cc1. The molecule has 0 radical (unpaired) electrons. The van der Waals surface area contributed by atoms with Crippen LogP contribution in [-0.2, 0) is 4.79 Å². The molecule has 17 heavy (non-hydrogen) atoms. The van der Waals surface area contributed by atoms with Crippen LogP contribution >= 0.6 is 0 Å². The van der Waals surface area contributed by atoms with Gasteiger partial charge in [-0.1, -0.05) is 12.1 Å². The third kappa shape index (κ3) is 2.61. The van der Waals surface area contributed by atoms with Crippen LogP contribution < -0.4 is 5.32 Å². The summed E-state index contributed by atoms with van der Waals surface area (Å²) in [5.41, 5.74) is 0.553. The lowest BCUT2D eigenvalue weighted by atomic mass is 10.0. The standard InChI is InChI=1S/C12H9N3O2/c1-15-9-4-2-8(3-5-9)10(6-13)11(7-14)12(16)17/h2-5,15H,1H3,(H,16,17). The van der Waals surface area contributed by atoms with E-state index < -0.39 is 11.5 Å². The second-order valence-corrected chi connectivity index (χ2v) is 3.11. The molecule has 0 fully saturated rings. The predicted octanol–water partition coefficient (Wildman–Crippen LogP) is 1.61. The summed E-state index contributed by atoms with van der Waals surface area (Å²) in [5, 5.41) is 29.3. The van der Waals surface area contributed by atoms with Crippen molar-refractivity contribution in [2.75, 3.05) is 12.4 Å². The van der Waals surface area contributed by atoms with E-state index in [1.165, 1.54) is 6.07 Å². The Bertz CT molecular complexity index is 545. The van der Waals surface area contributed by atoms with Gasteiger partial charge >= 0.3 is 5.97 Å². The molecule has 1 aromatic rings. The van der Waals surface area contributed by atoms with Crippen LogP contribution in [0.5, 0.6) is 0 Å². The van der Waals surface area contributed by atoms with E-state index in [-0.39, 0.29) is 5.57 Å². The Morgan fingerprint density at radius 1 is 1.24 bits per heavy atom. The lowest BCUT2D eigenvalue weighted by Crippen LogP contribution is -2.01. The van der Waals surface area contributed by atoms with Crippen LogP contribution in [0.15, 0.2) is 29.8 Å². The molecule has 0 spiro atoms. The molecule has 0 amide bonds. The Morgan fingerprint density at radius 2 is 1.82 bits per heavy atom. The van der Waals surface area contributed by atoms with E-state index in [1.807, 2.05) is 0 Å². The molecule has 0 atom stereocenters. The normalized spacial score (nSPS) is 10.8. The second-order valence-electron chi connectivity index (χ2n) is 3.11. The molecule has 84 valence electrons. The van der Waals surface area contributed by atoms with Crippen molar-refractivity contribution in [1.82, 2.24) is 0 Å². The summed E-state index contributed by atoms with van der Waals surface area (Å²) in [5.74, 6) is -1.40. The number of carboxylic acid groups (broad SMARTS) is 1. The van der Waals surface area contributed by atoms with Crippen LogP contribution in [0.25, 0.3) is 5.57 Å². The molecule has 5 heteroatoms. The van der Waals surface area contributed by atoms with Gasteiger partial charge in [-0.3, -0.25) is 0 Å². The van der Waals surface area contributed by atoms with Crippen molar-refractivity contribution in [2.24, 2.45) is 0 Å². The molecule has 0 aliphatic heterocycles. The highest BCUT2D eigenvalue weighted by atomic mass is 16.4. The minimum atomic E-state index is -1.40. The van der Waals surface area contributed by atoms with E-state index in [4.69, 9.17) is 15.6 Å². The topological polar surface area (TPSA) is 96.9 Å². The smallest absolute Gasteiger partial charge is 0.347 e. The highest BCUT2D eigenvalue weighted by Crippen LogP contribution is 2.20. The maximum Gasteiger partial charge on any atom is 0.347 e. The van der Waals surface area contributed by atoms with Gasteiger partial charge < -0.3 is 10.4 Å². The first-order valence-electron chi connectivity index (χ1n) is 4.70. The molecule has 0 bridgehead atoms. The summed E-state index contributed by atoms with van der Waals surface area (Å²) >= 11 is 0. The fourth-order valence-corrected chi connectivity index (χ4v) is 1.28. The number of nitrogens with one attached hydrogen (secondary N) is 1. The van der Waals surface area contributed by atoms with Gasteiger partial charge in [-0.05, 0) is 17.7 Å². The van der Waals surface area contributed by atoms with Crippen molar-refractivity contribution in [1.29, 1.82) is 10.5 Å². The Kier molecular flexibility index (Phi) is 3.86. The number of aliphatic carboxylic acids is 1. The van der Waals surface area contributed by atoms with Gasteiger partial charge in [0.15, 0.2) is 5.57 Å². The fourth-order valence-electron chi connectivity index (χ4n) is 1.28. The number of carbonyl (C=O) groups is 1. The van der Waals surface area contributed by atoms with Crippen molar-refractivity contribution < 1.29 is 9.90 Å². The number of carboxylic acids is 1. The number of hydrogen-bond donors (Lipinski definition) is 2. The summed E-state index contributed by atoms with van der Waals surface area (Å²) in [6.45, 7) is 0. The van der Waals surface area contributed by atoms with Gasteiger partial charge in [0.25, 0.3) is 0 Å². The van der Waals surface area contributed by atoms with E-state index in [9.17, 15) is 4.79 Å². The van der Waals surface area contributed by atoms with Gasteiger partial charge in [0.05, 0.1) is 5.57 Å². The Balaban J connectivity index is 3.33. The highest BCUT2D eigenvalue weighted by Gasteiger charge is 2.15. The minimum absolute atomic E-state index is 0.136. The molecule has 5 nitrogen and oxygen atoms in total. The first kappa shape index (κ1) is 12.3. The zero-order chi connectivity index (χ0) is 12.8. The monoisotopic (exact) mass is 227 g/mol. The zero-order valence-electron chi connectivity index (χ0n) is 9.06. The van der Waals surface area contributed by atoms with Gasteiger partial charge in [-0.15, -0.1) is 0 Å². The third-order valence-electron chi connectivity index (χ3n) is 2.15. The van der Waals surface area contributed by atoms with Crippen LogP contribution in [0.4, 0.5) is 5.69 Å². The molecular formula is C12H9N3O2. The van der Waals surface area contributed by atoms with Crippen LogP contribution in [-0.4, -0.2) is 18.1 Å². The predicted molar refractivity (Wildman–Crippen MR) is 61.8 cm³/mol. The molecule has 0 saturated carbocycles. The van der Waals surface area contributed by atoms with Crippen LogP contribution in [0.3, 0.4) is 0 Å². The van der Waals surface area contributed by atoms with E-state index in [0.717, 1.165) is 5.69 Å². The lowest BCUT2D eigenvalue weighted by molar-refractivity contribution is -0.132. The molecule has 1 aromatic carbocycles. The first-order chi connectivity index (χ1) is 8.13. The molecule has 0 aliphatic rings. The van der Waals surface area contributed by atoms with E-state index in [2.05, 4.69) is 5.32 Å². The number of nitrogens with zero attached hydrogens (tertiary/aromatic N) is 2. The zero-order valence-corrected chi connectivity index (χ0v) is 9.06. The maximum absolute atomic E-state index is 10.8. The Hall–Kier alpha value is -2.79. The van der Waals surface area contributed by atoms with Crippen molar-refractivity contribution in [3.63, 3.8) is 0 Å². The van der Waals surface area contributed by atoms with Crippen LogP contribution in [0, 0.1) is 22.7 Å². The van der Waals surface area contributed by atoms with E-state index >= 15 is 0 Å². The van der Waals surface area contributed by atoms with E-state index in [0.29, 0.717) is 5.56 Å². The average Bonchev–Trinajstić information content (AvgIpc) is 2.35. The summed E-state index contributed by atoms with van der Waals surface area (Å²) in [6.07, 6.45) is 0. The van der Waals surface area contributed by atoms with E-state index in [1.54, 1.807) is 37.4 Å². The molecule has 1 rings (SSSR count). The van der Waals surface area contributed by atoms with Gasteiger partial charge in [-0.25, -0.2) is 4.79 Å². The summed E-state index contributed by atoms with van der Waals surface area (Å²) < 4.78 is 0. The number of allylic oxidation sites excluding steroid dienone is 1. The number of nitriles is 2. The fraction of sp³-hybridized carbons (Fsp3) is 0.0833. The van der Waals surface area contributed by atoms with Crippen molar-refractivity contribution >= 4 is 17.2 Å². The molecule has 0 aromatic heterocycles.